The van der Waals surface area contributed by atoms with Crippen LogP contribution in [0.2, 0.25) is 0 Å². The van der Waals surface area contributed by atoms with E-state index in [1.165, 1.54) is 5.01 Å². The Morgan fingerprint density at radius 2 is 1.74 bits per heavy atom. The lowest BCUT2D eigenvalue weighted by Crippen LogP contribution is -2.43. The summed E-state index contributed by atoms with van der Waals surface area (Å²) in [6.07, 6.45) is 0.232. The van der Waals surface area contributed by atoms with Crippen molar-refractivity contribution in [3.8, 4) is 12.1 Å². The van der Waals surface area contributed by atoms with Crippen LogP contribution in [0.3, 0.4) is 0 Å². The van der Waals surface area contributed by atoms with E-state index in [4.69, 9.17) is 15.3 Å². The third kappa shape index (κ3) is 7.26. The maximum absolute atomic E-state index is 12.7. The van der Waals surface area contributed by atoms with Crippen LogP contribution in [0.4, 0.5) is 5.69 Å². The Labute approximate surface area is 227 Å². The Morgan fingerprint density at radius 1 is 1.08 bits per heavy atom. The molecule has 2 aliphatic rings. The molecule has 0 spiro atoms. The van der Waals surface area contributed by atoms with E-state index in [-0.39, 0.29) is 30.7 Å². The molecular formula is C28H30N8O3. The Kier molecular flexibility index (Phi) is 9.00. The molecule has 2 aromatic rings. The van der Waals surface area contributed by atoms with Crippen molar-refractivity contribution in [3.63, 3.8) is 0 Å². The number of rotatable bonds is 8. The van der Waals surface area contributed by atoms with Crippen molar-refractivity contribution in [2.45, 2.75) is 19.9 Å². The number of piperazine rings is 1. The monoisotopic (exact) mass is 526 g/mol. The van der Waals surface area contributed by atoms with Crippen molar-refractivity contribution in [1.29, 1.82) is 10.5 Å². The number of anilines is 1. The third-order valence-electron chi connectivity index (χ3n) is 6.66. The summed E-state index contributed by atoms with van der Waals surface area (Å²) in [7, 11) is 2.13. The number of hydrazone groups is 2. The molecule has 1 saturated heterocycles. The van der Waals surface area contributed by atoms with Gasteiger partial charge in [-0.3, -0.25) is 15.1 Å². The second-order valence-corrected chi connectivity index (χ2v) is 9.59. The molecule has 1 atom stereocenters. The molecule has 200 valence electrons. The number of nitrogens with one attached hydrogen (secondary N) is 1. The van der Waals surface area contributed by atoms with Gasteiger partial charge in [-0.25, -0.2) is 4.79 Å². The van der Waals surface area contributed by atoms with Gasteiger partial charge in [-0.1, -0.05) is 31.2 Å². The lowest BCUT2D eigenvalue weighted by molar-refractivity contribution is -0.136. The third-order valence-corrected chi connectivity index (χ3v) is 6.66. The Hall–Kier alpha value is -4.58. The standard InChI is InChI=1S/C28H30N8O3/c1-20-15-26(37)36(33-27(20)22-7-9-24(10-8-22)31-32-25(16-29)17-30)19-39-28(38)23-5-3-21(4-6-23)18-35-13-11-34(2)12-14-35/h3-10,20,31H,11-15,18-19H2,1-2H3/t20-/m1/s1. The molecule has 1 amide bonds. The van der Waals surface area contributed by atoms with Gasteiger partial charge in [-0.05, 0) is 42.4 Å². The molecule has 0 radical (unpaired) electrons. The van der Waals surface area contributed by atoms with Gasteiger partial charge >= 0.3 is 5.97 Å². The average Bonchev–Trinajstić information content (AvgIpc) is 2.95. The number of hydrogen-bond donors (Lipinski definition) is 1. The zero-order chi connectivity index (χ0) is 27.8. The van der Waals surface area contributed by atoms with Crippen LogP contribution in [0.1, 0.15) is 34.8 Å². The number of nitriles is 2. The van der Waals surface area contributed by atoms with Crippen LogP contribution in [0, 0.1) is 28.6 Å². The molecule has 0 saturated carbocycles. The van der Waals surface area contributed by atoms with Crippen molar-refractivity contribution in [2.75, 3.05) is 45.4 Å². The number of amides is 1. The Balaban J connectivity index is 1.35. The summed E-state index contributed by atoms with van der Waals surface area (Å²) in [5.41, 5.74) is 5.98. The number of carbonyl (C=O) groups excluding carboxylic acids is 2. The minimum atomic E-state index is -0.519. The van der Waals surface area contributed by atoms with E-state index >= 15 is 0 Å². The Morgan fingerprint density at radius 3 is 2.38 bits per heavy atom. The van der Waals surface area contributed by atoms with Crippen molar-refractivity contribution >= 4 is 29.0 Å². The van der Waals surface area contributed by atoms with Gasteiger partial charge < -0.3 is 9.64 Å². The summed E-state index contributed by atoms with van der Waals surface area (Å²) in [5.74, 6) is -0.873. The number of likely N-dealkylation sites (N-methyl/N-ethyl adjacent to an activating group) is 1. The fraction of sp³-hybridized carbons (Fsp3) is 0.357. The zero-order valence-corrected chi connectivity index (χ0v) is 22.0. The van der Waals surface area contributed by atoms with Gasteiger partial charge in [0.15, 0.2) is 6.73 Å². The molecule has 0 aromatic heterocycles. The quantitative estimate of drug-likeness (QED) is 0.315. The summed E-state index contributed by atoms with van der Waals surface area (Å²) in [5, 5.41) is 26.9. The van der Waals surface area contributed by atoms with Crippen LogP contribution < -0.4 is 5.43 Å². The maximum atomic E-state index is 12.7. The second kappa shape index (κ2) is 12.8. The van der Waals surface area contributed by atoms with E-state index < -0.39 is 5.97 Å². The highest BCUT2D eigenvalue weighted by Crippen LogP contribution is 2.22. The lowest BCUT2D eigenvalue weighted by atomic mass is 9.94. The van der Waals surface area contributed by atoms with E-state index in [9.17, 15) is 9.59 Å². The molecule has 0 bridgehead atoms. The normalized spacial score (nSPS) is 17.9. The molecule has 2 aliphatic heterocycles. The van der Waals surface area contributed by atoms with Gasteiger partial charge in [0.2, 0.25) is 11.6 Å². The van der Waals surface area contributed by atoms with Gasteiger partial charge in [0.25, 0.3) is 0 Å². The summed E-state index contributed by atoms with van der Waals surface area (Å²) < 4.78 is 5.42. The number of ether oxygens (including phenoxy) is 1. The van der Waals surface area contributed by atoms with E-state index in [2.05, 4.69) is 32.5 Å². The van der Waals surface area contributed by atoms with Crippen LogP contribution >= 0.6 is 0 Å². The smallest absolute Gasteiger partial charge is 0.339 e. The lowest BCUT2D eigenvalue weighted by Gasteiger charge is -2.32. The first-order valence-corrected chi connectivity index (χ1v) is 12.7. The van der Waals surface area contributed by atoms with Gasteiger partial charge in [0.05, 0.1) is 17.0 Å². The second-order valence-electron chi connectivity index (χ2n) is 9.59. The summed E-state index contributed by atoms with van der Waals surface area (Å²) in [6.45, 7) is 6.61. The van der Waals surface area contributed by atoms with Crippen molar-refractivity contribution in [3.05, 3.63) is 65.2 Å². The topological polar surface area (TPSA) is 137 Å². The van der Waals surface area contributed by atoms with Crippen molar-refractivity contribution < 1.29 is 14.3 Å². The van der Waals surface area contributed by atoms with Crippen LogP contribution in [0.25, 0.3) is 0 Å². The predicted octanol–water partition coefficient (Wildman–Crippen LogP) is 2.64. The molecule has 4 rings (SSSR count). The minimum absolute atomic E-state index is 0.127. The largest absolute Gasteiger partial charge is 0.439 e. The fourth-order valence-corrected chi connectivity index (χ4v) is 4.32. The molecule has 1 N–H and O–H groups in total. The van der Waals surface area contributed by atoms with Gasteiger partial charge in [-0.15, -0.1) is 0 Å². The number of carbonyl (C=O) groups is 2. The minimum Gasteiger partial charge on any atom is -0.439 e. The first-order valence-electron chi connectivity index (χ1n) is 12.7. The van der Waals surface area contributed by atoms with Crippen LogP contribution in [0.15, 0.2) is 58.7 Å². The van der Waals surface area contributed by atoms with Crippen LogP contribution in [-0.2, 0) is 16.1 Å². The van der Waals surface area contributed by atoms with Gasteiger partial charge in [0, 0.05) is 45.1 Å². The van der Waals surface area contributed by atoms with Crippen LogP contribution in [0.5, 0.6) is 0 Å². The first-order chi connectivity index (χ1) is 18.9. The molecule has 0 aliphatic carbocycles. The molecule has 11 nitrogen and oxygen atoms in total. The molecular weight excluding hydrogens is 496 g/mol. The SMILES string of the molecule is C[C@@H]1CC(=O)N(COC(=O)c2ccc(CN3CCN(C)CC3)cc2)N=C1c1ccc(NN=C(C#N)C#N)cc1. The fourth-order valence-electron chi connectivity index (χ4n) is 4.32. The highest BCUT2D eigenvalue weighted by Gasteiger charge is 2.28. The maximum Gasteiger partial charge on any atom is 0.339 e. The number of esters is 1. The number of nitrogens with zero attached hydrogens (tertiary/aromatic N) is 7. The number of hydrogen-bond acceptors (Lipinski definition) is 10. The molecule has 39 heavy (non-hydrogen) atoms. The molecule has 2 heterocycles. The zero-order valence-electron chi connectivity index (χ0n) is 22.0. The highest BCUT2D eigenvalue weighted by molar-refractivity contribution is 6.10. The molecule has 0 unspecified atom stereocenters. The molecule has 11 heteroatoms. The summed E-state index contributed by atoms with van der Waals surface area (Å²) in [6, 6.07) is 17.8. The van der Waals surface area contributed by atoms with E-state index in [0.29, 0.717) is 17.0 Å². The van der Waals surface area contributed by atoms with E-state index in [1.54, 1.807) is 48.5 Å². The van der Waals surface area contributed by atoms with Crippen molar-refractivity contribution in [2.24, 2.45) is 16.1 Å². The Bertz CT molecular complexity index is 1310. The van der Waals surface area contributed by atoms with Gasteiger partial charge in [-0.2, -0.15) is 25.7 Å². The summed E-state index contributed by atoms with van der Waals surface area (Å²) in [4.78, 5) is 29.9. The molecule has 1 fully saturated rings. The number of benzene rings is 2. The predicted molar refractivity (Wildman–Crippen MR) is 145 cm³/mol. The average molecular weight is 527 g/mol. The van der Waals surface area contributed by atoms with Crippen molar-refractivity contribution in [1.82, 2.24) is 14.8 Å². The summed E-state index contributed by atoms with van der Waals surface area (Å²) >= 11 is 0. The van der Waals surface area contributed by atoms with E-state index in [0.717, 1.165) is 43.9 Å². The highest BCUT2D eigenvalue weighted by atomic mass is 16.5. The molecule has 2 aromatic carbocycles. The van der Waals surface area contributed by atoms with E-state index in [1.807, 2.05) is 19.1 Å². The van der Waals surface area contributed by atoms with Gasteiger partial charge in [0.1, 0.15) is 12.1 Å². The first kappa shape index (κ1) is 27.5. The van der Waals surface area contributed by atoms with Crippen LogP contribution in [-0.4, -0.2) is 78.1 Å².